The lowest BCUT2D eigenvalue weighted by molar-refractivity contribution is 0.118. The van der Waals surface area contributed by atoms with Crippen LogP contribution in [0.5, 0.6) is 0 Å². The maximum absolute atomic E-state index is 6.23. The van der Waals surface area contributed by atoms with E-state index in [1.165, 1.54) is 9.13 Å². The summed E-state index contributed by atoms with van der Waals surface area (Å²) in [6.07, 6.45) is 2.44. The first-order valence-electron chi connectivity index (χ1n) is 5.77. The zero-order valence-corrected chi connectivity index (χ0v) is 11.7. The lowest BCUT2D eigenvalue weighted by Crippen LogP contribution is -2.32. The van der Waals surface area contributed by atoms with Crippen molar-refractivity contribution in [2.24, 2.45) is 11.7 Å². The summed E-state index contributed by atoms with van der Waals surface area (Å²) in [6.45, 7) is 2.95. The minimum atomic E-state index is 0.227. The van der Waals surface area contributed by atoms with Crippen LogP contribution in [-0.2, 0) is 11.2 Å². The van der Waals surface area contributed by atoms with Crippen molar-refractivity contribution < 1.29 is 4.74 Å². The maximum Gasteiger partial charge on any atom is 0.0551 e. The average Bonchev–Trinajstić information content (AvgIpc) is 2.68. The van der Waals surface area contributed by atoms with Gasteiger partial charge in [0, 0.05) is 15.5 Å². The Bertz CT molecular complexity index is 338. The molecule has 1 fully saturated rings. The Morgan fingerprint density at radius 3 is 2.69 bits per heavy atom. The molecule has 1 aromatic rings. The van der Waals surface area contributed by atoms with Crippen LogP contribution in [0.15, 0.2) is 24.3 Å². The van der Waals surface area contributed by atoms with Gasteiger partial charge in [0.1, 0.15) is 0 Å². The van der Waals surface area contributed by atoms with E-state index in [-0.39, 0.29) is 6.04 Å². The van der Waals surface area contributed by atoms with Gasteiger partial charge in [0.2, 0.25) is 0 Å². The van der Waals surface area contributed by atoms with Crippen LogP contribution in [0.3, 0.4) is 0 Å². The molecular formula is C13H18INO. The standard InChI is InChI=1S/C13H18INO/c1-9-6-11(8-16-9)13(15)7-10-2-4-12(14)5-3-10/h2-5,9,11,13H,6-8,15H2,1H3. The van der Waals surface area contributed by atoms with E-state index >= 15 is 0 Å². The van der Waals surface area contributed by atoms with Gasteiger partial charge in [-0.15, -0.1) is 0 Å². The first kappa shape index (κ1) is 12.3. The van der Waals surface area contributed by atoms with Crippen LogP contribution < -0.4 is 5.73 Å². The molecule has 2 rings (SSSR count). The molecule has 2 nitrogen and oxygen atoms in total. The van der Waals surface area contributed by atoms with E-state index in [4.69, 9.17) is 10.5 Å². The summed E-state index contributed by atoms with van der Waals surface area (Å²) >= 11 is 2.32. The molecule has 2 N–H and O–H groups in total. The zero-order valence-electron chi connectivity index (χ0n) is 9.53. The fraction of sp³-hybridized carbons (Fsp3) is 0.538. The Kier molecular flexibility index (Phi) is 4.21. The van der Waals surface area contributed by atoms with Gasteiger partial charge in [-0.05, 0) is 60.1 Å². The van der Waals surface area contributed by atoms with E-state index < -0.39 is 0 Å². The summed E-state index contributed by atoms with van der Waals surface area (Å²) in [7, 11) is 0. The molecule has 1 aliphatic rings. The first-order valence-corrected chi connectivity index (χ1v) is 6.84. The Balaban J connectivity index is 1.91. The van der Waals surface area contributed by atoms with Crippen molar-refractivity contribution in [2.45, 2.75) is 31.9 Å². The SMILES string of the molecule is CC1CC(C(N)Cc2ccc(I)cc2)CO1. The summed E-state index contributed by atoms with van der Waals surface area (Å²) in [5.41, 5.74) is 7.56. The largest absolute Gasteiger partial charge is 0.378 e. The molecule has 0 aromatic heterocycles. The van der Waals surface area contributed by atoms with Gasteiger partial charge in [0.25, 0.3) is 0 Å². The number of hydrogen-bond donors (Lipinski definition) is 1. The average molecular weight is 331 g/mol. The van der Waals surface area contributed by atoms with Crippen LogP contribution in [-0.4, -0.2) is 18.8 Å². The van der Waals surface area contributed by atoms with Crippen molar-refractivity contribution >= 4 is 22.6 Å². The smallest absolute Gasteiger partial charge is 0.0551 e. The van der Waals surface area contributed by atoms with Crippen LogP contribution in [0.4, 0.5) is 0 Å². The lowest BCUT2D eigenvalue weighted by atomic mass is 9.92. The summed E-state index contributed by atoms with van der Waals surface area (Å²) in [5.74, 6) is 0.522. The number of rotatable bonds is 3. The third kappa shape index (κ3) is 3.18. The highest BCUT2D eigenvalue weighted by atomic mass is 127. The van der Waals surface area contributed by atoms with Gasteiger partial charge >= 0.3 is 0 Å². The third-order valence-electron chi connectivity index (χ3n) is 3.22. The van der Waals surface area contributed by atoms with Gasteiger partial charge < -0.3 is 10.5 Å². The number of hydrogen-bond acceptors (Lipinski definition) is 2. The van der Waals surface area contributed by atoms with E-state index in [0.29, 0.717) is 12.0 Å². The molecule has 3 atom stereocenters. The molecule has 0 saturated carbocycles. The van der Waals surface area contributed by atoms with Crippen molar-refractivity contribution in [3.63, 3.8) is 0 Å². The molecule has 1 aromatic carbocycles. The molecule has 88 valence electrons. The van der Waals surface area contributed by atoms with Crippen molar-refractivity contribution in [2.75, 3.05) is 6.61 Å². The third-order valence-corrected chi connectivity index (χ3v) is 3.94. The second-order valence-electron chi connectivity index (χ2n) is 4.63. The Morgan fingerprint density at radius 2 is 2.12 bits per heavy atom. The van der Waals surface area contributed by atoms with Crippen LogP contribution >= 0.6 is 22.6 Å². The minimum Gasteiger partial charge on any atom is -0.378 e. The van der Waals surface area contributed by atoms with Crippen molar-refractivity contribution in [3.8, 4) is 0 Å². The molecule has 0 radical (unpaired) electrons. The molecule has 1 heterocycles. The van der Waals surface area contributed by atoms with E-state index in [0.717, 1.165) is 19.4 Å². The van der Waals surface area contributed by atoms with Crippen molar-refractivity contribution in [1.29, 1.82) is 0 Å². The summed E-state index contributed by atoms with van der Waals surface area (Å²) in [6, 6.07) is 8.83. The fourth-order valence-electron chi connectivity index (χ4n) is 2.21. The van der Waals surface area contributed by atoms with E-state index in [9.17, 15) is 0 Å². The first-order chi connectivity index (χ1) is 7.65. The van der Waals surface area contributed by atoms with Gasteiger partial charge in [0.05, 0.1) is 12.7 Å². The van der Waals surface area contributed by atoms with Crippen molar-refractivity contribution in [3.05, 3.63) is 33.4 Å². The molecular weight excluding hydrogens is 313 g/mol. The number of halogens is 1. The van der Waals surface area contributed by atoms with Crippen LogP contribution in [0.2, 0.25) is 0 Å². The highest BCUT2D eigenvalue weighted by Crippen LogP contribution is 2.23. The maximum atomic E-state index is 6.23. The summed E-state index contributed by atoms with van der Waals surface area (Å²) in [5, 5.41) is 0. The second kappa shape index (κ2) is 5.47. The number of nitrogens with two attached hydrogens (primary N) is 1. The zero-order chi connectivity index (χ0) is 11.5. The normalized spacial score (nSPS) is 26.9. The van der Waals surface area contributed by atoms with Gasteiger partial charge in [0.15, 0.2) is 0 Å². The number of ether oxygens (including phenoxy) is 1. The highest BCUT2D eigenvalue weighted by Gasteiger charge is 2.27. The fourth-order valence-corrected chi connectivity index (χ4v) is 2.57. The highest BCUT2D eigenvalue weighted by molar-refractivity contribution is 14.1. The van der Waals surface area contributed by atoms with Crippen LogP contribution in [0.25, 0.3) is 0 Å². The minimum absolute atomic E-state index is 0.227. The van der Waals surface area contributed by atoms with Crippen LogP contribution in [0.1, 0.15) is 18.9 Å². The lowest BCUT2D eigenvalue weighted by Gasteiger charge is -2.17. The van der Waals surface area contributed by atoms with Gasteiger partial charge in [-0.2, -0.15) is 0 Å². The molecule has 0 spiro atoms. The molecule has 16 heavy (non-hydrogen) atoms. The van der Waals surface area contributed by atoms with Gasteiger partial charge in [-0.25, -0.2) is 0 Å². The van der Waals surface area contributed by atoms with Crippen molar-refractivity contribution in [1.82, 2.24) is 0 Å². The van der Waals surface area contributed by atoms with E-state index in [1.807, 2.05) is 0 Å². The quantitative estimate of drug-likeness (QED) is 0.864. The molecule has 0 amide bonds. The molecule has 1 aliphatic heterocycles. The molecule has 0 bridgehead atoms. The molecule has 3 unspecified atom stereocenters. The Morgan fingerprint density at radius 1 is 1.44 bits per heavy atom. The van der Waals surface area contributed by atoms with Gasteiger partial charge in [-0.3, -0.25) is 0 Å². The van der Waals surface area contributed by atoms with E-state index in [1.54, 1.807) is 0 Å². The molecule has 1 saturated heterocycles. The Hall–Kier alpha value is -0.130. The monoisotopic (exact) mass is 331 g/mol. The Labute approximate surface area is 111 Å². The predicted octanol–water partition coefficient (Wildman–Crippen LogP) is 2.59. The topological polar surface area (TPSA) is 35.2 Å². The predicted molar refractivity (Wildman–Crippen MR) is 74.4 cm³/mol. The molecule has 0 aliphatic carbocycles. The van der Waals surface area contributed by atoms with Gasteiger partial charge in [-0.1, -0.05) is 12.1 Å². The summed E-state index contributed by atoms with van der Waals surface area (Å²) < 4.78 is 6.83. The summed E-state index contributed by atoms with van der Waals surface area (Å²) in [4.78, 5) is 0. The second-order valence-corrected chi connectivity index (χ2v) is 5.88. The molecule has 3 heteroatoms. The number of benzene rings is 1. The van der Waals surface area contributed by atoms with Crippen LogP contribution in [0, 0.1) is 9.49 Å². The van der Waals surface area contributed by atoms with E-state index in [2.05, 4.69) is 53.8 Å².